The highest BCUT2D eigenvalue weighted by Gasteiger charge is 2.34. The Morgan fingerprint density at radius 2 is 2.27 bits per heavy atom. The molecule has 2 aromatic rings. The summed E-state index contributed by atoms with van der Waals surface area (Å²) in [6.45, 7) is 4.40. The molecular formula is C16H19N3O2S. The topological polar surface area (TPSA) is 77.2 Å². The number of aromatic nitrogens is 1. The molecule has 1 aromatic heterocycles. The number of carbonyl (C=O) groups is 1. The predicted molar refractivity (Wildman–Crippen MR) is 86.0 cm³/mol. The maximum absolute atomic E-state index is 12.4. The second-order valence-electron chi connectivity index (χ2n) is 5.96. The van der Waals surface area contributed by atoms with E-state index in [0.717, 1.165) is 16.3 Å². The third-order valence-electron chi connectivity index (χ3n) is 3.64. The minimum absolute atomic E-state index is 0.0875. The number of thiazole rings is 1. The summed E-state index contributed by atoms with van der Waals surface area (Å²) in [5, 5.41) is 5.57. The number of hydrogen-bond acceptors (Lipinski definition) is 5. The minimum Gasteiger partial charge on any atom is -0.487 e. The lowest BCUT2D eigenvalue weighted by Crippen LogP contribution is -2.41. The zero-order valence-electron chi connectivity index (χ0n) is 12.6. The molecular weight excluding hydrogens is 298 g/mol. The highest BCUT2D eigenvalue weighted by atomic mass is 32.1. The van der Waals surface area contributed by atoms with E-state index in [1.165, 1.54) is 11.3 Å². The largest absolute Gasteiger partial charge is 0.487 e. The van der Waals surface area contributed by atoms with Crippen LogP contribution in [0.3, 0.4) is 0 Å². The van der Waals surface area contributed by atoms with Crippen LogP contribution in [0.25, 0.3) is 0 Å². The molecule has 1 unspecified atom stereocenters. The fourth-order valence-corrected chi connectivity index (χ4v) is 3.33. The van der Waals surface area contributed by atoms with Gasteiger partial charge in [-0.2, -0.15) is 0 Å². The molecule has 3 rings (SSSR count). The number of rotatable bonds is 3. The van der Waals surface area contributed by atoms with Crippen LogP contribution in [0, 0.1) is 0 Å². The van der Waals surface area contributed by atoms with Crippen LogP contribution in [-0.4, -0.2) is 16.5 Å². The van der Waals surface area contributed by atoms with Crippen LogP contribution in [0.2, 0.25) is 0 Å². The molecule has 1 aliphatic rings. The molecule has 3 N–H and O–H groups in total. The van der Waals surface area contributed by atoms with Crippen LogP contribution in [0.15, 0.2) is 29.6 Å². The Kier molecular flexibility index (Phi) is 3.88. The van der Waals surface area contributed by atoms with Gasteiger partial charge in [-0.15, -0.1) is 11.3 Å². The number of fused-ring (bicyclic) bond motifs is 1. The summed E-state index contributed by atoms with van der Waals surface area (Å²) in [5.74, 6) is 0.651. The molecule has 1 aromatic carbocycles. The lowest BCUT2D eigenvalue weighted by molar-refractivity contribution is 0.0618. The van der Waals surface area contributed by atoms with Gasteiger partial charge in [0.05, 0.1) is 6.04 Å². The Labute approximate surface area is 133 Å². The van der Waals surface area contributed by atoms with Crippen LogP contribution in [0.1, 0.15) is 47.4 Å². The number of benzene rings is 1. The monoisotopic (exact) mass is 317 g/mol. The van der Waals surface area contributed by atoms with E-state index < -0.39 is 0 Å². The average molecular weight is 317 g/mol. The van der Waals surface area contributed by atoms with E-state index in [1.54, 1.807) is 5.38 Å². The molecule has 1 atom stereocenters. The highest BCUT2D eigenvalue weighted by molar-refractivity contribution is 7.09. The van der Waals surface area contributed by atoms with Crippen molar-refractivity contribution in [2.24, 2.45) is 5.73 Å². The van der Waals surface area contributed by atoms with E-state index in [1.807, 2.05) is 38.1 Å². The third kappa shape index (κ3) is 2.98. The van der Waals surface area contributed by atoms with Gasteiger partial charge < -0.3 is 15.8 Å². The van der Waals surface area contributed by atoms with Crippen molar-refractivity contribution < 1.29 is 9.53 Å². The Morgan fingerprint density at radius 1 is 1.50 bits per heavy atom. The van der Waals surface area contributed by atoms with E-state index >= 15 is 0 Å². The highest BCUT2D eigenvalue weighted by Crippen LogP contribution is 2.39. The maximum Gasteiger partial charge on any atom is 0.271 e. The molecule has 22 heavy (non-hydrogen) atoms. The zero-order chi connectivity index (χ0) is 15.7. The molecule has 0 fully saturated rings. The number of nitrogens with two attached hydrogens (primary N) is 1. The van der Waals surface area contributed by atoms with Crippen LogP contribution >= 0.6 is 11.3 Å². The minimum atomic E-state index is -0.323. The molecule has 0 saturated carbocycles. The number of nitrogens with one attached hydrogen (secondary N) is 1. The van der Waals surface area contributed by atoms with Gasteiger partial charge in [0.15, 0.2) is 0 Å². The Bertz CT molecular complexity index is 696. The zero-order valence-corrected chi connectivity index (χ0v) is 13.4. The molecule has 116 valence electrons. The lowest BCUT2D eigenvalue weighted by Gasteiger charge is -2.37. The number of hydrogen-bond donors (Lipinski definition) is 2. The molecule has 0 saturated heterocycles. The predicted octanol–water partition coefficient (Wildman–Crippen LogP) is 2.63. The fourth-order valence-electron chi connectivity index (χ4n) is 2.67. The standard InChI is InChI=1S/C16H19N3O2S/c1-16(2)7-11(10-5-3-4-6-13(10)21-16)19-15(20)12-9-22-14(8-17)18-12/h3-6,9,11H,7-8,17H2,1-2H3,(H,19,20). The Balaban J connectivity index is 1.83. The summed E-state index contributed by atoms with van der Waals surface area (Å²) in [5.41, 5.74) is 6.65. The molecule has 1 amide bonds. The van der Waals surface area contributed by atoms with Gasteiger partial charge >= 0.3 is 0 Å². The van der Waals surface area contributed by atoms with Crippen molar-refractivity contribution in [3.05, 3.63) is 45.9 Å². The molecule has 0 radical (unpaired) electrons. The van der Waals surface area contributed by atoms with Gasteiger partial charge in [-0.3, -0.25) is 4.79 Å². The number of ether oxygens (including phenoxy) is 1. The summed E-state index contributed by atoms with van der Waals surface area (Å²) in [6, 6.07) is 7.73. The summed E-state index contributed by atoms with van der Waals surface area (Å²) in [4.78, 5) is 16.7. The number of amides is 1. The molecule has 0 bridgehead atoms. The van der Waals surface area contributed by atoms with Crippen molar-refractivity contribution in [3.8, 4) is 5.75 Å². The van der Waals surface area contributed by atoms with Gasteiger partial charge in [0, 0.05) is 23.9 Å². The number of para-hydroxylation sites is 1. The van der Waals surface area contributed by atoms with Crippen LogP contribution in [0.4, 0.5) is 0 Å². The van der Waals surface area contributed by atoms with E-state index in [4.69, 9.17) is 10.5 Å². The molecule has 0 spiro atoms. The van der Waals surface area contributed by atoms with Gasteiger partial charge in [-0.1, -0.05) is 18.2 Å². The maximum atomic E-state index is 12.4. The molecule has 6 heteroatoms. The molecule has 2 heterocycles. The van der Waals surface area contributed by atoms with Gasteiger partial charge in [-0.25, -0.2) is 4.98 Å². The first-order valence-corrected chi connectivity index (χ1v) is 8.10. The second-order valence-corrected chi connectivity index (χ2v) is 6.90. The van der Waals surface area contributed by atoms with Crippen LogP contribution < -0.4 is 15.8 Å². The van der Waals surface area contributed by atoms with Crippen LogP contribution in [-0.2, 0) is 6.54 Å². The van der Waals surface area contributed by atoms with Gasteiger partial charge in [0.1, 0.15) is 22.1 Å². The lowest BCUT2D eigenvalue weighted by atomic mass is 9.89. The summed E-state index contributed by atoms with van der Waals surface area (Å²) in [6.07, 6.45) is 0.712. The van der Waals surface area contributed by atoms with Gasteiger partial charge in [0.25, 0.3) is 5.91 Å². The van der Waals surface area contributed by atoms with Crippen molar-refractivity contribution in [2.45, 2.75) is 38.5 Å². The Morgan fingerprint density at radius 3 is 3.00 bits per heavy atom. The third-order valence-corrected chi connectivity index (χ3v) is 4.51. The van der Waals surface area contributed by atoms with Gasteiger partial charge in [-0.05, 0) is 19.9 Å². The summed E-state index contributed by atoms with van der Waals surface area (Å²) >= 11 is 1.40. The normalized spacial score (nSPS) is 19.1. The van der Waals surface area contributed by atoms with E-state index in [9.17, 15) is 4.79 Å². The van der Waals surface area contributed by atoms with Crippen LogP contribution in [0.5, 0.6) is 5.75 Å². The molecule has 5 nitrogen and oxygen atoms in total. The quantitative estimate of drug-likeness (QED) is 0.912. The van der Waals surface area contributed by atoms with Crippen molar-refractivity contribution >= 4 is 17.2 Å². The smallest absolute Gasteiger partial charge is 0.271 e. The number of nitrogens with zero attached hydrogens (tertiary/aromatic N) is 1. The Hall–Kier alpha value is -1.92. The molecule has 1 aliphatic heterocycles. The van der Waals surface area contributed by atoms with Crippen molar-refractivity contribution in [1.82, 2.24) is 10.3 Å². The first-order valence-electron chi connectivity index (χ1n) is 7.22. The summed E-state index contributed by atoms with van der Waals surface area (Å²) in [7, 11) is 0. The van der Waals surface area contributed by atoms with Gasteiger partial charge in [0.2, 0.25) is 0 Å². The van der Waals surface area contributed by atoms with E-state index in [0.29, 0.717) is 18.7 Å². The second kappa shape index (κ2) is 5.70. The number of carbonyl (C=O) groups excluding carboxylic acids is 1. The van der Waals surface area contributed by atoms with E-state index in [-0.39, 0.29) is 17.6 Å². The van der Waals surface area contributed by atoms with Crippen molar-refractivity contribution in [2.75, 3.05) is 0 Å². The first kappa shape index (κ1) is 15.0. The SMILES string of the molecule is CC1(C)CC(NC(=O)c2csc(CN)n2)c2ccccc2O1. The fraction of sp³-hybridized carbons (Fsp3) is 0.375. The summed E-state index contributed by atoms with van der Waals surface area (Å²) < 4.78 is 5.98. The first-order chi connectivity index (χ1) is 10.5. The van der Waals surface area contributed by atoms with E-state index in [2.05, 4.69) is 10.3 Å². The van der Waals surface area contributed by atoms with Crippen molar-refractivity contribution in [3.63, 3.8) is 0 Å². The van der Waals surface area contributed by atoms with Crippen molar-refractivity contribution in [1.29, 1.82) is 0 Å². The average Bonchev–Trinajstić information content (AvgIpc) is 2.95. The molecule has 0 aliphatic carbocycles.